The van der Waals surface area contributed by atoms with Crippen LogP contribution in [0.3, 0.4) is 0 Å². The van der Waals surface area contributed by atoms with Gasteiger partial charge < -0.3 is 24.8 Å². The second kappa shape index (κ2) is 11.3. The molecule has 2 nitrogen and oxygen atoms in total. The van der Waals surface area contributed by atoms with Crippen LogP contribution in [-0.2, 0) is 33.9 Å². The molecule has 5 rings (SSSR count). The standard InChI is InChI=1S/C29H29O2Si.2ClH.Zr/c1-5-20-14-15-25-23-12-8-6-10-21(23)18-26(25)28(20)29-24-13-9-7-11-22(24)19-27(29)30-16-17-31-32(2,3)4;;;/h5-15,19,29H,16-17H2,1-4H3;2*1H;/q;;;+2/p-2. The Kier molecular flexibility index (Phi) is 9.10. The number of ether oxygens (including phenoxy) is 1. The summed E-state index contributed by atoms with van der Waals surface area (Å²) < 4.78 is 14.0. The van der Waals surface area contributed by atoms with Gasteiger partial charge in [-0.3, -0.25) is 0 Å². The second-order valence-electron chi connectivity index (χ2n) is 9.62. The zero-order valence-electron chi connectivity index (χ0n) is 20.5. The first-order chi connectivity index (χ1) is 15.9. The van der Waals surface area contributed by atoms with E-state index in [1.165, 1.54) is 71.1 Å². The minimum absolute atomic E-state index is 0. The van der Waals surface area contributed by atoms with E-state index in [0.717, 1.165) is 5.76 Å². The molecule has 0 heterocycles. The van der Waals surface area contributed by atoms with Crippen LogP contribution in [0, 0.1) is 10.4 Å². The van der Waals surface area contributed by atoms with Crippen LogP contribution in [0.15, 0.2) is 66.4 Å². The Morgan fingerprint density at radius 3 is 2.26 bits per heavy atom. The van der Waals surface area contributed by atoms with Gasteiger partial charge in [0, 0.05) is 0 Å². The number of allylic oxidation sites excluding steroid dienone is 1. The average molecular weight is 600 g/mol. The first-order valence-corrected chi connectivity index (χ1v) is 16.2. The molecule has 0 amide bonds. The van der Waals surface area contributed by atoms with Crippen molar-refractivity contribution in [3.05, 3.63) is 110 Å². The third kappa shape index (κ3) is 5.33. The molecular formula is C29H29Cl2O2SiZr. The maximum atomic E-state index is 6.46. The summed E-state index contributed by atoms with van der Waals surface area (Å²) in [5.41, 5.74) is 5.36. The van der Waals surface area contributed by atoms with E-state index in [2.05, 4.69) is 99.4 Å². The van der Waals surface area contributed by atoms with Crippen molar-refractivity contribution in [1.29, 1.82) is 0 Å². The fourth-order valence-corrected chi connectivity index (χ4v) is 6.88. The quantitative estimate of drug-likeness (QED) is 0.272. The molecule has 1 atom stereocenters. The predicted octanol–water partition coefficient (Wildman–Crippen LogP) is -0.847. The molecule has 0 aliphatic heterocycles. The Morgan fingerprint density at radius 2 is 1.54 bits per heavy atom. The molecule has 3 aromatic rings. The Labute approximate surface area is 236 Å². The maximum absolute atomic E-state index is 6.46. The van der Waals surface area contributed by atoms with Crippen molar-refractivity contribution in [3.63, 3.8) is 0 Å². The van der Waals surface area contributed by atoms with Crippen molar-refractivity contribution < 1.29 is 58.7 Å². The summed E-state index contributed by atoms with van der Waals surface area (Å²) >= 11 is 1.45. The van der Waals surface area contributed by atoms with E-state index in [-0.39, 0.29) is 30.7 Å². The van der Waals surface area contributed by atoms with Crippen LogP contribution >= 0.6 is 0 Å². The molecule has 0 bridgehead atoms. The molecule has 2 aliphatic carbocycles. The predicted molar refractivity (Wildman–Crippen MR) is 134 cm³/mol. The molecule has 0 saturated heterocycles. The first kappa shape index (κ1) is 28.2. The van der Waals surface area contributed by atoms with E-state index >= 15 is 0 Å². The monoisotopic (exact) mass is 597 g/mol. The summed E-state index contributed by atoms with van der Waals surface area (Å²) in [7, 11) is -1.56. The SMILES string of the molecule is CC=c1ccc2c(c1C1C(OCCO[Si](C)(C)C)=Cc3ccccc31)[C]([Zr+2])=c1ccccc1=2.[Cl-].[Cl-]. The van der Waals surface area contributed by atoms with Crippen molar-refractivity contribution in [1.82, 2.24) is 0 Å². The third-order valence-corrected chi connectivity index (χ3v) is 8.74. The maximum Gasteiger partial charge on any atom is -1.00 e. The molecule has 179 valence electrons. The van der Waals surface area contributed by atoms with Gasteiger partial charge in [0.15, 0.2) is 0 Å². The van der Waals surface area contributed by atoms with Crippen LogP contribution < -0.4 is 35.3 Å². The molecule has 3 aromatic carbocycles. The molecule has 0 aromatic heterocycles. The summed E-state index contributed by atoms with van der Waals surface area (Å²) in [6, 6.07) is 22.1. The van der Waals surface area contributed by atoms with Crippen LogP contribution in [0.2, 0.25) is 19.6 Å². The van der Waals surface area contributed by atoms with Gasteiger partial charge in [-0.05, 0) is 0 Å². The van der Waals surface area contributed by atoms with E-state index in [1.54, 1.807) is 0 Å². The van der Waals surface area contributed by atoms with Crippen molar-refractivity contribution >= 4 is 23.8 Å². The Hall–Kier alpha value is -1.42. The normalized spacial score (nSPS) is 16.1. The molecule has 0 fully saturated rings. The van der Waals surface area contributed by atoms with E-state index < -0.39 is 8.32 Å². The summed E-state index contributed by atoms with van der Waals surface area (Å²) in [5, 5.41) is 5.37. The van der Waals surface area contributed by atoms with Gasteiger partial charge >= 0.3 is 213 Å². The number of rotatable bonds is 6. The van der Waals surface area contributed by atoms with Gasteiger partial charge in [0.25, 0.3) is 0 Å². The first-order valence-electron chi connectivity index (χ1n) is 11.6. The van der Waals surface area contributed by atoms with Crippen LogP contribution in [-0.4, -0.2) is 21.5 Å². The number of benzene rings is 3. The van der Waals surface area contributed by atoms with Gasteiger partial charge in [0.2, 0.25) is 0 Å². The van der Waals surface area contributed by atoms with Crippen LogP contribution in [0.5, 0.6) is 0 Å². The van der Waals surface area contributed by atoms with Gasteiger partial charge in [-0.25, -0.2) is 0 Å². The van der Waals surface area contributed by atoms with Crippen LogP contribution in [0.4, 0.5) is 0 Å². The van der Waals surface area contributed by atoms with Crippen LogP contribution in [0.1, 0.15) is 35.1 Å². The minimum atomic E-state index is -1.56. The van der Waals surface area contributed by atoms with Gasteiger partial charge in [0.05, 0.1) is 0 Å². The number of halogens is 2. The van der Waals surface area contributed by atoms with E-state index in [1.807, 2.05) is 0 Å². The van der Waals surface area contributed by atoms with E-state index in [0.29, 0.717) is 13.2 Å². The fourth-order valence-electron chi connectivity index (χ4n) is 4.99. The summed E-state index contributed by atoms with van der Waals surface area (Å²) in [6.07, 6.45) is 4.48. The fraction of sp³-hybridized carbons (Fsp3) is 0.241. The van der Waals surface area contributed by atoms with Crippen molar-refractivity contribution in [2.45, 2.75) is 32.5 Å². The molecule has 35 heavy (non-hydrogen) atoms. The Morgan fingerprint density at radius 1 is 0.857 bits per heavy atom. The molecule has 6 heteroatoms. The van der Waals surface area contributed by atoms with Gasteiger partial charge in [-0.2, -0.15) is 0 Å². The van der Waals surface area contributed by atoms with Gasteiger partial charge in [-0.15, -0.1) is 0 Å². The summed E-state index contributed by atoms with van der Waals surface area (Å²) in [6.45, 7) is 10.0. The van der Waals surface area contributed by atoms with Crippen molar-refractivity contribution in [2.24, 2.45) is 0 Å². The summed E-state index contributed by atoms with van der Waals surface area (Å²) in [5.74, 6) is 1.13. The molecule has 2 aliphatic rings. The van der Waals surface area contributed by atoms with Gasteiger partial charge in [-0.1, -0.05) is 0 Å². The van der Waals surface area contributed by atoms with Crippen molar-refractivity contribution in [3.8, 4) is 0 Å². The Bertz CT molecular complexity index is 1490. The Balaban J connectivity index is 0.00000171. The average Bonchev–Trinajstić information content (AvgIpc) is 3.31. The molecular weight excluding hydrogens is 571 g/mol. The third-order valence-electron chi connectivity index (χ3n) is 6.39. The number of hydrogen-bond acceptors (Lipinski definition) is 2. The smallest absolute Gasteiger partial charge is 1.00 e. The van der Waals surface area contributed by atoms with Crippen molar-refractivity contribution in [2.75, 3.05) is 13.2 Å². The zero-order chi connectivity index (χ0) is 23.2. The number of fused-ring (bicyclic) bond motifs is 3. The molecule has 0 saturated carbocycles. The van der Waals surface area contributed by atoms with Gasteiger partial charge in [0.1, 0.15) is 0 Å². The second-order valence-corrected chi connectivity index (χ2v) is 15.4. The molecule has 0 N–H and O–H groups in total. The molecule has 1 unspecified atom stereocenters. The zero-order valence-corrected chi connectivity index (χ0v) is 25.5. The molecule has 0 spiro atoms. The largest absolute Gasteiger partial charge is 1.00 e. The topological polar surface area (TPSA) is 18.5 Å². The van der Waals surface area contributed by atoms with E-state index in [4.69, 9.17) is 9.16 Å². The molecule has 0 radical (unpaired) electrons. The summed E-state index contributed by atoms with van der Waals surface area (Å²) in [4.78, 5) is 0. The van der Waals surface area contributed by atoms with E-state index in [9.17, 15) is 0 Å². The minimum Gasteiger partial charge on any atom is -1.00 e. The number of hydrogen-bond donors (Lipinski definition) is 0. The van der Waals surface area contributed by atoms with Crippen LogP contribution in [0.25, 0.3) is 15.4 Å².